The molecule has 0 saturated heterocycles. The Morgan fingerprint density at radius 2 is 2.19 bits per heavy atom. The number of aliphatic hydroxyl groups is 1. The minimum Gasteiger partial charge on any atom is -0.382 e. The fourth-order valence-corrected chi connectivity index (χ4v) is 4.90. The largest absolute Gasteiger partial charge is 0.382 e. The lowest BCUT2D eigenvalue weighted by Gasteiger charge is -2.44. The number of thiazole rings is 1. The zero-order valence-electron chi connectivity index (χ0n) is 10.2. The van der Waals surface area contributed by atoms with Crippen LogP contribution >= 0.6 is 11.3 Å². The first-order valence-corrected chi connectivity index (χ1v) is 6.92. The van der Waals surface area contributed by atoms with Gasteiger partial charge in [-0.05, 0) is 30.6 Å². The van der Waals surface area contributed by atoms with Crippen LogP contribution in [0.5, 0.6) is 0 Å². The van der Waals surface area contributed by atoms with Crippen molar-refractivity contribution in [2.45, 2.75) is 45.6 Å². The predicted octanol–water partition coefficient (Wildman–Crippen LogP) is 3.18. The van der Waals surface area contributed by atoms with Crippen LogP contribution in [0.15, 0.2) is 11.6 Å². The molecule has 0 amide bonds. The molecule has 16 heavy (non-hydrogen) atoms. The quantitative estimate of drug-likeness (QED) is 0.813. The topological polar surface area (TPSA) is 33.1 Å². The van der Waals surface area contributed by atoms with E-state index in [1.165, 1.54) is 6.42 Å². The van der Waals surface area contributed by atoms with E-state index in [0.717, 1.165) is 17.8 Å². The molecule has 1 aromatic heterocycles. The van der Waals surface area contributed by atoms with Crippen molar-refractivity contribution >= 4 is 11.3 Å². The Hall–Kier alpha value is -0.410. The molecule has 0 aromatic carbocycles. The van der Waals surface area contributed by atoms with Crippen molar-refractivity contribution in [1.29, 1.82) is 0 Å². The zero-order chi connectivity index (χ0) is 11.6. The lowest BCUT2D eigenvalue weighted by atomic mass is 9.64. The summed E-state index contributed by atoms with van der Waals surface area (Å²) >= 11 is 1.60. The van der Waals surface area contributed by atoms with Gasteiger partial charge in [0.05, 0.1) is 0 Å². The van der Waals surface area contributed by atoms with E-state index in [4.69, 9.17) is 0 Å². The molecule has 3 heteroatoms. The Morgan fingerprint density at radius 1 is 1.44 bits per heavy atom. The summed E-state index contributed by atoms with van der Waals surface area (Å²) in [5, 5.41) is 14.0. The zero-order valence-corrected chi connectivity index (χ0v) is 11.0. The Kier molecular flexibility index (Phi) is 1.93. The van der Waals surface area contributed by atoms with E-state index < -0.39 is 5.60 Å². The summed E-state index contributed by atoms with van der Waals surface area (Å²) in [7, 11) is 0. The highest BCUT2D eigenvalue weighted by Gasteiger charge is 2.69. The van der Waals surface area contributed by atoms with Gasteiger partial charge in [-0.1, -0.05) is 20.8 Å². The Balaban J connectivity index is 2.13. The number of nitrogens with zero attached hydrogens (tertiary/aromatic N) is 1. The van der Waals surface area contributed by atoms with Crippen molar-refractivity contribution in [2.75, 3.05) is 0 Å². The van der Waals surface area contributed by atoms with E-state index in [1.54, 1.807) is 17.5 Å². The van der Waals surface area contributed by atoms with Gasteiger partial charge in [0.2, 0.25) is 0 Å². The van der Waals surface area contributed by atoms with E-state index in [2.05, 4.69) is 25.8 Å². The minimum atomic E-state index is -0.687. The SMILES string of the molecule is CC1(C)C2CCC1(C)C(O)(c1nccs1)C2. The van der Waals surface area contributed by atoms with E-state index in [1.807, 2.05) is 5.38 Å². The maximum atomic E-state index is 11.1. The molecule has 0 radical (unpaired) electrons. The molecule has 1 N–H and O–H groups in total. The monoisotopic (exact) mass is 237 g/mol. The molecule has 2 aliphatic carbocycles. The van der Waals surface area contributed by atoms with Crippen molar-refractivity contribution in [3.05, 3.63) is 16.6 Å². The average Bonchev–Trinajstić information content (AvgIpc) is 2.84. The summed E-state index contributed by atoms with van der Waals surface area (Å²) < 4.78 is 0. The summed E-state index contributed by atoms with van der Waals surface area (Å²) in [6.45, 7) is 6.88. The molecular weight excluding hydrogens is 218 g/mol. The molecule has 88 valence electrons. The van der Waals surface area contributed by atoms with Crippen molar-refractivity contribution in [2.24, 2.45) is 16.7 Å². The van der Waals surface area contributed by atoms with Gasteiger partial charge < -0.3 is 5.11 Å². The first-order chi connectivity index (χ1) is 7.42. The molecule has 2 bridgehead atoms. The van der Waals surface area contributed by atoms with Gasteiger partial charge in [-0.25, -0.2) is 4.98 Å². The van der Waals surface area contributed by atoms with Crippen LogP contribution in [-0.2, 0) is 5.60 Å². The molecule has 2 nitrogen and oxygen atoms in total. The number of aromatic nitrogens is 1. The Morgan fingerprint density at radius 3 is 2.62 bits per heavy atom. The number of hydrogen-bond acceptors (Lipinski definition) is 3. The third kappa shape index (κ3) is 0.951. The summed E-state index contributed by atoms with van der Waals surface area (Å²) in [5.74, 6) is 0.645. The molecular formula is C13H19NOS. The van der Waals surface area contributed by atoms with Gasteiger partial charge >= 0.3 is 0 Å². The fraction of sp³-hybridized carbons (Fsp3) is 0.769. The van der Waals surface area contributed by atoms with Gasteiger partial charge in [-0.2, -0.15) is 0 Å². The molecule has 2 saturated carbocycles. The van der Waals surface area contributed by atoms with Crippen molar-refractivity contribution in [3.63, 3.8) is 0 Å². The average molecular weight is 237 g/mol. The Bertz CT molecular complexity index is 414. The predicted molar refractivity (Wildman–Crippen MR) is 65.2 cm³/mol. The number of hydrogen-bond donors (Lipinski definition) is 1. The lowest BCUT2D eigenvalue weighted by molar-refractivity contribution is -0.0958. The fourth-order valence-electron chi connectivity index (χ4n) is 4.03. The van der Waals surface area contributed by atoms with E-state index in [-0.39, 0.29) is 10.8 Å². The van der Waals surface area contributed by atoms with Crippen LogP contribution in [-0.4, -0.2) is 10.1 Å². The molecule has 3 rings (SSSR count). The maximum Gasteiger partial charge on any atom is 0.125 e. The summed E-state index contributed by atoms with van der Waals surface area (Å²) in [6, 6.07) is 0. The molecule has 1 heterocycles. The number of fused-ring (bicyclic) bond motifs is 2. The maximum absolute atomic E-state index is 11.1. The second-order valence-corrected chi connectivity index (χ2v) is 7.09. The van der Waals surface area contributed by atoms with Crippen LogP contribution in [0.3, 0.4) is 0 Å². The minimum absolute atomic E-state index is 0.0114. The highest BCUT2D eigenvalue weighted by molar-refractivity contribution is 7.09. The van der Waals surface area contributed by atoms with Crippen molar-refractivity contribution in [1.82, 2.24) is 4.98 Å². The van der Waals surface area contributed by atoms with E-state index in [0.29, 0.717) is 5.92 Å². The van der Waals surface area contributed by atoms with Gasteiger partial charge in [0.25, 0.3) is 0 Å². The van der Waals surface area contributed by atoms with E-state index in [9.17, 15) is 5.11 Å². The highest BCUT2D eigenvalue weighted by Crippen LogP contribution is 2.72. The molecule has 2 aliphatic rings. The van der Waals surface area contributed by atoms with Gasteiger partial charge in [0, 0.05) is 17.0 Å². The van der Waals surface area contributed by atoms with Gasteiger partial charge in [0.1, 0.15) is 10.6 Å². The first kappa shape index (κ1) is 10.7. The van der Waals surface area contributed by atoms with Gasteiger partial charge in [-0.15, -0.1) is 11.3 Å². The Labute approximate surface area is 101 Å². The van der Waals surface area contributed by atoms with Crippen LogP contribution in [0.2, 0.25) is 0 Å². The molecule has 2 fully saturated rings. The second-order valence-electron chi connectivity index (χ2n) is 6.19. The van der Waals surface area contributed by atoms with Crippen molar-refractivity contribution in [3.8, 4) is 0 Å². The normalized spacial score (nSPS) is 45.1. The lowest BCUT2D eigenvalue weighted by Crippen LogP contribution is -2.44. The highest BCUT2D eigenvalue weighted by atomic mass is 32.1. The van der Waals surface area contributed by atoms with Crippen LogP contribution in [0.4, 0.5) is 0 Å². The third-order valence-corrected chi connectivity index (χ3v) is 6.60. The molecule has 1 aromatic rings. The molecule has 3 unspecified atom stereocenters. The van der Waals surface area contributed by atoms with Crippen LogP contribution in [0.1, 0.15) is 45.0 Å². The van der Waals surface area contributed by atoms with Crippen LogP contribution in [0.25, 0.3) is 0 Å². The van der Waals surface area contributed by atoms with Gasteiger partial charge in [0.15, 0.2) is 0 Å². The molecule has 3 atom stereocenters. The van der Waals surface area contributed by atoms with Crippen LogP contribution < -0.4 is 0 Å². The van der Waals surface area contributed by atoms with E-state index >= 15 is 0 Å². The smallest absolute Gasteiger partial charge is 0.125 e. The van der Waals surface area contributed by atoms with Gasteiger partial charge in [-0.3, -0.25) is 0 Å². The summed E-state index contributed by atoms with van der Waals surface area (Å²) in [4.78, 5) is 4.37. The summed E-state index contributed by atoms with van der Waals surface area (Å²) in [5.41, 5.74) is -0.469. The molecule has 0 spiro atoms. The standard InChI is InChI=1S/C13H19NOS/c1-11(2)9-4-5-12(11,3)13(15,8-9)10-14-6-7-16-10/h6-7,9,15H,4-5,8H2,1-3H3. The second kappa shape index (κ2) is 2.88. The summed E-state index contributed by atoms with van der Waals surface area (Å²) in [6.07, 6.45) is 5.09. The molecule has 0 aliphatic heterocycles. The first-order valence-electron chi connectivity index (χ1n) is 6.04. The van der Waals surface area contributed by atoms with Crippen LogP contribution in [0, 0.1) is 16.7 Å². The van der Waals surface area contributed by atoms with Crippen molar-refractivity contribution < 1.29 is 5.11 Å². The number of rotatable bonds is 1. The third-order valence-electron chi connectivity index (χ3n) is 5.68.